The van der Waals surface area contributed by atoms with E-state index in [9.17, 15) is 13.2 Å². The first-order valence-electron chi connectivity index (χ1n) is 10.4. The maximum atomic E-state index is 12.9. The van der Waals surface area contributed by atoms with Gasteiger partial charge in [-0.15, -0.1) is 11.8 Å². The molecule has 3 aromatic carbocycles. The molecule has 0 N–H and O–H groups in total. The van der Waals surface area contributed by atoms with Gasteiger partial charge in [-0.1, -0.05) is 36.4 Å². The third-order valence-electron chi connectivity index (χ3n) is 5.45. The van der Waals surface area contributed by atoms with Gasteiger partial charge in [-0.05, 0) is 60.4 Å². The van der Waals surface area contributed by atoms with Gasteiger partial charge in [-0.2, -0.15) is 13.2 Å². The number of para-hydroxylation sites is 1. The number of nitrogens with zero attached hydrogens (tertiary/aromatic N) is 1. The Labute approximate surface area is 190 Å². The molecule has 0 saturated carbocycles. The van der Waals surface area contributed by atoms with E-state index in [4.69, 9.17) is 4.74 Å². The van der Waals surface area contributed by atoms with Crippen molar-refractivity contribution >= 4 is 22.7 Å². The third kappa shape index (κ3) is 4.96. The van der Waals surface area contributed by atoms with Crippen molar-refractivity contribution in [3.05, 3.63) is 95.2 Å². The van der Waals surface area contributed by atoms with E-state index in [1.165, 1.54) is 16.5 Å². The summed E-state index contributed by atoms with van der Waals surface area (Å²) in [6, 6.07) is 19.7. The lowest BCUT2D eigenvalue weighted by molar-refractivity contribution is -0.137. The van der Waals surface area contributed by atoms with Crippen molar-refractivity contribution in [2.24, 2.45) is 0 Å². The van der Waals surface area contributed by atoms with E-state index in [1.54, 1.807) is 31.0 Å². The van der Waals surface area contributed by atoms with Gasteiger partial charge in [0.1, 0.15) is 5.75 Å². The zero-order valence-electron chi connectivity index (χ0n) is 17.9. The second-order valence-corrected chi connectivity index (χ2v) is 8.88. The highest BCUT2D eigenvalue weighted by Gasteiger charge is 2.29. The number of ether oxygens (including phenoxy) is 1. The molecule has 0 aliphatic rings. The Morgan fingerprint density at radius 2 is 1.72 bits per heavy atom. The van der Waals surface area contributed by atoms with Gasteiger partial charge in [-0.25, -0.2) is 0 Å². The number of alkyl halides is 3. The molecule has 4 aromatic rings. The second kappa shape index (κ2) is 9.33. The minimum Gasteiger partial charge on any atom is -0.496 e. The predicted molar refractivity (Wildman–Crippen MR) is 125 cm³/mol. The molecule has 0 bridgehead atoms. The Kier molecular flexibility index (Phi) is 6.51. The molecule has 166 valence electrons. The summed E-state index contributed by atoms with van der Waals surface area (Å²) >= 11 is 1.77. The molecule has 0 radical (unpaired) electrons. The quantitative estimate of drug-likeness (QED) is 0.270. The van der Waals surface area contributed by atoms with Crippen molar-refractivity contribution in [1.82, 2.24) is 4.57 Å². The molecule has 32 heavy (non-hydrogen) atoms. The van der Waals surface area contributed by atoms with Crippen LogP contribution in [0.4, 0.5) is 13.2 Å². The van der Waals surface area contributed by atoms with Crippen molar-refractivity contribution in [3.8, 4) is 5.75 Å². The lowest BCUT2D eigenvalue weighted by atomic mass is 10.1. The highest BCUT2D eigenvalue weighted by molar-refractivity contribution is 7.99. The van der Waals surface area contributed by atoms with Crippen LogP contribution in [0.3, 0.4) is 0 Å². The van der Waals surface area contributed by atoms with Crippen molar-refractivity contribution in [1.29, 1.82) is 0 Å². The first-order valence-corrected chi connectivity index (χ1v) is 11.3. The molecule has 0 spiro atoms. The van der Waals surface area contributed by atoms with Crippen molar-refractivity contribution in [2.45, 2.75) is 31.0 Å². The van der Waals surface area contributed by atoms with Gasteiger partial charge in [0.15, 0.2) is 0 Å². The summed E-state index contributed by atoms with van der Waals surface area (Å²) in [6.07, 6.45) is -1.32. The average Bonchev–Trinajstić information content (AvgIpc) is 3.11. The van der Waals surface area contributed by atoms with E-state index in [1.807, 2.05) is 24.3 Å². The summed E-state index contributed by atoms with van der Waals surface area (Å²) < 4.78 is 46.2. The van der Waals surface area contributed by atoms with E-state index >= 15 is 0 Å². The molecule has 0 atom stereocenters. The fraction of sp³-hybridized carbons (Fsp3) is 0.231. The molecule has 0 amide bonds. The smallest absolute Gasteiger partial charge is 0.416 e. The lowest BCUT2D eigenvalue weighted by Gasteiger charge is -2.09. The zero-order chi connectivity index (χ0) is 22.7. The fourth-order valence-electron chi connectivity index (χ4n) is 3.82. The number of rotatable bonds is 7. The molecule has 4 rings (SSSR count). The van der Waals surface area contributed by atoms with Crippen LogP contribution in [0.15, 0.2) is 77.8 Å². The summed E-state index contributed by atoms with van der Waals surface area (Å²) in [5, 5.41) is 1.18. The van der Waals surface area contributed by atoms with E-state index in [-0.39, 0.29) is 0 Å². The molecule has 0 saturated heterocycles. The number of benzene rings is 3. The van der Waals surface area contributed by atoms with Crippen LogP contribution in [-0.4, -0.2) is 17.4 Å². The highest BCUT2D eigenvalue weighted by atomic mass is 32.2. The minimum atomic E-state index is -4.32. The van der Waals surface area contributed by atoms with E-state index in [0.717, 1.165) is 46.0 Å². The largest absolute Gasteiger partial charge is 0.496 e. The van der Waals surface area contributed by atoms with E-state index < -0.39 is 11.7 Å². The summed E-state index contributed by atoms with van der Waals surface area (Å²) in [5.74, 6) is 1.78. The van der Waals surface area contributed by atoms with Crippen LogP contribution in [0, 0.1) is 6.92 Å². The molecule has 2 nitrogen and oxygen atoms in total. The van der Waals surface area contributed by atoms with Gasteiger partial charge in [0.2, 0.25) is 0 Å². The van der Waals surface area contributed by atoms with E-state index in [2.05, 4.69) is 35.9 Å². The van der Waals surface area contributed by atoms with Gasteiger partial charge in [0.05, 0.1) is 12.7 Å². The van der Waals surface area contributed by atoms with Crippen molar-refractivity contribution < 1.29 is 17.9 Å². The van der Waals surface area contributed by atoms with E-state index in [0.29, 0.717) is 6.54 Å². The molecule has 1 aromatic heterocycles. The van der Waals surface area contributed by atoms with Crippen LogP contribution in [0.25, 0.3) is 10.9 Å². The minimum absolute atomic E-state index is 0.525. The molecular weight excluding hydrogens is 431 g/mol. The number of aryl methyl sites for hydroxylation is 2. The standard InChI is InChI=1S/C26H24F3NOS/c1-18-7-12-24(31-2)25(15-18)32-14-13-20-17-30(23-6-4-3-5-22(20)23)16-19-8-10-21(11-9-19)26(27,28)29/h3-12,15,17H,13-14,16H2,1-2H3. The Hall–Kier alpha value is -2.86. The van der Waals surface area contributed by atoms with Crippen LogP contribution >= 0.6 is 11.8 Å². The predicted octanol–water partition coefficient (Wildman–Crippen LogP) is 7.36. The van der Waals surface area contributed by atoms with Crippen LogP contribution in [-0.2, 0) is 19.1 Å². The van der Waals surface area contributed by atoms with Crippen LogP contribution in [0.5, 0.6) is 5.75 Å². The number of aromatic nitrogens is 1. The average molecular weight is 456 g/mol. The normalized spacial score (nSPS) is 11.8. The summed E-state index contributed by atoms with van der Waals surface area (Å²) in [5.41, 5.74) is 3.72. The summed E-state index contributed by atoms with van der Waals surface area (Å²) in [6.45, 7) is 2.59. The number of fused-ring (bicyclic) bond motifs is 1. The first-order chi connectivity index (χ1) is 15.3. The molecule has 1 heterocycles. The maximum absolute atomic E-state index is 12.9. The zero-order valence-corrected chi connectivity index (χ0v) is 18.8. The topological polar surface area (TPSA) is 14.2 Å². The van der Waals surface area contributed by atoms with Crippen molar-refractivity contribution in [3.63, 3.8) is 0 Å². The number of hydrogen-bond acceptors (Lipinski definition) is 2. The Morgan fingerprint density at radius 1 is 0.969 bits per heavy atom. The molecular formula is C26H24F3NOS. The van der Waals surface area contributed by atoms with Crippen LogP contribution in [0.1, 0.15) is 22.3 Å². The molecule has 0 fully saturated rings. The van der Waals surface area contributed by atoms with Crippen LogP contribution in [0.2, 0.25) is 0 Å². The highest BCUT2D eigenvalue weighted by Crippen LogP contribution is 2.32. The summed E-state index contributed by atoms with van der Waals surface area (Å²) in [4.78, 5) is 1.13. The molecule has 0 aliphatic heterocycles. The first kappa shape index (κ1) is 22.3. The number of thioether (sulfide) groups is 1. The Morgan fingerprint density at radius 3 is 2.44 bits per heavy atom. The monoisotopic (exact) mass is 455 g/mol. The second-order valence-electron chi connectivity index (χ2n) is 7.75. The SMILES string of the molecule is COc1ccc(C)cc1SCCc1cn(Cc2ccc(C(F)(F)F)cc2)c2ccccc12. The van der Waals surface area contributed by atoms with Gasteiger partial charge in [0, 0.05) is 34.3 Å². The molecule has 0 unspecified atom stereocenters. The Bertz CT molecular complexity index is 1210. The van der Waals surface area contributed by atoms with Crippen molar-refractivity contribution in [2.75, 3.05) is 12.9 Å². The summed E-state index contributed by atoms with van der Waals surface area (Å²) in [7, 11) is 1.68. The Balaban J connectivity index is 1.52. The van der Waals surface area contributed by atoms with Gasteiger partial charge in [0.25, 0.3) is 0 Å². The van der Waals surface area contributed by atoms with Crippen LogP contribution < -0.4 is 4.74 Å². The molecule has 0 aliphatic carbocycles. The number of methoxy groups -OCH3 is 1. The van der Waals surface area contributed by atoms with Gasteiger partial charge in [-0.3, -0.25) is 0 Å². The third-order valence-corrected chi connectivity index (χ3v) is 6.49. The number of halogens is 3. The van der Waals surface area contributed by atoms with Gasteiger partial charge < -0.3 is 9.30 Å². The number of hydrogen-bond donors (Lipinski definition) is 0. The van der Waals surface area contributed by atoms with Gasteiger partial charge >= 0.3 is 6.18 Å². The maximum Gasteiger partial charge on any atom is 0.416 e. The molecule has 6 heteroatoms. The fourth-order valence-corrected chi connectivity index (χ4v) is 4.92. The lowest BCUT2D eigenvalue weighted by Crippen LogP contribution is -2.05.